The van der Waals surface area contributed by atoms with Crippen LogP contribution in [-0.4, -0.2) is 60.3 Å². The van der Waals surface area contributed by atoms with Gasteiger partial charge in [0, 0.05) is 43.1 Å². The summed E-state index contributed by atoms with van der Waals surface area (Å²) in [5.74, 6) is 0.892. The molecule has 1 aromatic rings. The zero-order valence-electron chi connectivity index (χ0n) is 17.5. The van der Waals surface area contributed by atoms with Gasteiger partial charge in [0.25, 0.3) is 0 Å². The van der Waals surface area contributed by atoms with Crippen LogP contribution in [0.25, 0.3) is 0 Å². The number of rotatable bonds is 4. The molecule has 1 atom stereocenters. The van der Waals surface area contributed by atoms with Crippen LogP contribution in [0.2, 0.25) is 0 Å². The highest BCUT2D eigenvalue weighted by Crippen LogP contribution is 2.47. The number of aliphatic hydroxyl groups is 1. The predicted molar refractivity (Wildman–Crippen MR) is 117 cm³/mol. The number of halogens is 1. The van der Waals surface area contributed by atoms with Crippen LogP contribution in [0.5, 0.6) is 0 Å². The van der Waals surface area contributed by atoms with Crippen LogP contribution in [0, 0.1) is 11.3 Å². The van der Waals surface area contributed by atoms with Gasteiger partial charge in [-0.25, -0.2) is 0 Å². The number of piperazine rings is 1. The Kier molecular flexibility index (Phi) is 6.72. The first-order chi connectivity index (χ1) is 12.7. The van der Waals surface area contributed by atoms with Gasteiger partial charge >= 0.3 is 0 Å². The van der Waals surface area contributed by atoms with Gasteiger partial charge in [-0.2, -0.15) is 0 Å². The van der Waals surface area contributed by atoms with E-state index in [2.05, 4.69) is 77.8 Å². The van der Waals surface area contributed by atoms with Gasteiger partial charge in [0.2, 0.25) is 0 Å². The monoisotopic (exact) mass is 436 g/mol. The fourth-order valence-corrected chi connectivity index (χ4v) is 5.35. The van der Waals surface area contributed by atoms with Crippen molar-refractivity contribution >= 4 is 15.9 Å². The highest BCUT2D eigenvalue weighted by atomic mass is 79.9. The van der Waals surface area contributed by atoms with Gasteiger partial charge in [0.15, 0.2) is 0 Å². The van der Waals surface area contributed by atoms with Crippen molar-refractivity contribution in [3.63, 3.8) is 0 Å². The van der Waals surface area contributed by atoms with E-state index < -0.39 is 5.60 Å². The molecule has 27 heavy (non-hydrogen) atoms. The second kappa shape index (κ2) is 8.52. The quantitative estimate of drug-likeness (QED) is 0.737. The van der Waals surface area contributed by atoms with E-state index in [0.29, 0.717) is 11.3 Å². The zero-order chi connectivity index (χ0) is 19.7. The lowest BCUT2D eigenvalue weighted by Gasteiger charge is -2.47. The summed E-state index contributed by atoms with van der Waals surface area (Å²) in [5.41, 5.74) is 1.02. The minimum absolute atomic E-state index is 0.180. The summed E-state index contributed by atoms with van der Waals surface area (Å²) < 4.78 is 1.11. The zero-order valence-corrected chi connectivity index (χ0v) is 19.1. The Balaban J connectivity index is 1.79. The second-order valence-corrected chi connectivity index (χ2v) is 10.9. The SMILES string of the molecule is CN1CCN(CC(c2cccc(Br)c2)C2(O)CCC(C(C)(C)C)CC2)CC1. The highest BCUT2D eigenvalue weighted by Gasteiger charge is 2.43. The molecule has 4 heteroatoms. The van der Waals surface area contributed by atoms with Crippen LogP contribution in [-0.2, 0) is 0 Å². The van der Waals surface area contributed by atoms with E-state index in [0.717, 1.165) is 62.9 Å². The van der Waals surface area contributed by atoms with Crippen LogP contribution in [0.15, 0.2) is 28.7 Å². The van der Waals surface area contributed by atoms with Gasteiger partial charge in [0.1, 0.15) is 0 Å². The first-order valence-corrected chi connectivity index (χ1v) is 11.4. The standard InChI is InChI=1S/C23H37BrN2O/c1-22(2,3)19-8-10-23(27,11-9-19)21(18-6-5-7-20(24)16-18)17-26-14-12-25(4)13-15-26/h5-7,16,19,21,27H,8-15,17H2,1-4H3. The molecule has 0 amide bonds. The summed E-state index contributed by atoms with van der Waals surface area (Å²) in [5, 5.41) is 11.8. The van der Waals surface area contributed by atoms with Crippen molar-refractivity contribution < 1.29 is 5.11 Å². The number of likely N-dealkylation sites (N-methyl/N-ethyl adjacent to an activating group) is 1. The molecular weight excluding hydrogens is 400 g/mol. The molecule has 3 nitrogen and oxygen atoms in total. The number of nitrogens with zero attached hydrogens (tertiary/aromatic N) is 2. The Labute approximate surface area is 174 Å². The molecule has 1 saturated heterocycles. The fourth-order valence-electron chi connectivity index (χ4n) is 4.93. The highest BCUT2D eigenvalue weighted by molar-refractivity contribution is 9.10. The Bertz CT molecular complexity index is 611. The summed E-state index contributed by atoms with van der Waals surface area (Å²) in [7, 11) is 2.20. The first-order valence-electron chi connectivity index (χ1n) is 10.6. The van der Waals surface area contributed by atoms with E-state index in [1.54, 1.807) is 0 Å². The van der Waals surface area contributed by atoms with Crippen molar-refractivity contribution in [2.24, 2.45) is 11.3 Å². The molecule has 1 saturated carbocycles. The van der Waals surface area contributed by atoms with E-state index in [1.165, 1.54) is 5.56 Å². The molecule has 1 N–H and O–H groups in total. The van der Waals surface area contributed by atoms with Crippen molar-refractivity contribution in [2.75, 3.05) is 39.8 Å². The predicted octanol–water partition coefficient (Wildman–Crippen LogP) is 4.75. The maximum absolute atomic E-state index is 11.8. The van der Waals surface area contributed by atoms with E-state index in [4.69, 9.17) is 0 Å². The molecule has 152 valence electrons. The van der Waals surface area contributed by atoms with Gasteiger partial charge in [-0.3, -0.25) is 0 Å². The molecule has 0 bridgehead atoms. The molecule has 1 aliphatic carbocycles. The third-order valence-electron chi connectivity index (χ3n) is 7.01. The maximum atomic E-state index is 11.8. The number of benzene rings is 1. The van der Waals surface area contributed by atoms with Crippen LogP contribution >= 0.6 is 15.9 Å². The summed E-state index contributed by atoms with van der Waals surface area (Å²) in [6.45, 7) is 12.4. The molecule has 2 fully saturated rings. The Morgan fingerprint density at radius 3 is 2.33 bits per heavy atom. The van der Waals surface area contributed by atoms with Crippen LogP contribution in [0.3, 0.4) is 0 Å². The number of hydrogen-bond acceptors (Lipinski definition) is 3. The van der Waals surface area contributed by atoms with Crippen molar-refractivity contribution in [2.45, 2.75) is 58.0 Å². The van der Waals surface area contributed by atoms with Crippen LogP contribution in [0.4, 0.5) is 0 Å². The Morgan fingerprint density at radius 1 is 1.15 bits per heavy atom. The first kappa shape index (κ1) is 21.3. The van der Waals surface area contributed by atoms with Crippen LogP contribution < -0.4 is 0 Å². The van der Waals surface area contributed by atoms with Gasteiger partial charge in [-0.05, 0) is 61.8 Å². The van der Waals surface area contributed by atoms with Crippen molar-refractivity contribution in [1.82, 2.24) is 9.80 Å². The topological polar surface area (TPSA) is 26.7 Å². The largest absolute Gasteiger partial charge is 0.389 e. The van der Waals surface area contributed by atoms with E-state index in [9.17, 15) is 5.11 Å². The lowest BCUT2D eigenvalue weighted by Crippen LogP contribution is -2.50. The fraction of sp³-hybridized carbons (Fsp3) is 0.739. The summed E-state index contributed by atoms with van der Waals surface area (Å²) >= 11 is 3.64. The van der Waals surface area contributed by atoms with E-state index >= 15 is 0 Å². The molecule has 1 aromatic carbocycles. The van der Waals surface area contributed by atoms with Gasteiger partial charge in [-0.1, -0.05) is 48.8 Å². The van der Waals surface area contributed by atoms with Gasteiger partial charge in [0.05, 0.1) is 5.60 Å². The van der Waals surface area contributed by atoms with E-state index in [-0.39, 0.29) is 5.92 Å². The third-order valence-corrected chi connectivity index (χ3v) is 7.51. The average Bonchev–Trinajstić information content (AvgIpc) is 2.60. The average molecular weight is 437 g/mol. The normalized spacial score (nSPS) is 29.6. The van der Waals surface area contributed by atoms with Gasteiger partial charge in [-0.15, -0.1) is 0 Å². The van der Waals surface area contributed by atoms with Crippen molar-refractivity contribution in [3.05, 3.63) is 34.3 Å². The van der Waals surface area contributed by atoms with Crippen molar-refractivity contribution in [3.8, 4) is 0 Å². The van der Waals surface area contributed by atoms with Crippen molar-refractivity contribution in [1.29, 1.82) is 0 Å². The molecule has 1 aliphatic heterocycles. The maximum Gasteiger partial charge on any atom is 0.0728 e. The lowest BCUT2D eigenvalue weighted by molar-refractivity contribution is -0.0552. The Hall–Kier alpha value is -0.420. The molecule has 0 aromatic heterocycles. The molecule has 1 heterocycles. The Morgan fingerprint density at radius 2 is 1.78 bits per heavy atom. The molecule has 0 spiro atoms. The van der Waals surface area contributed by atoms with E-state index in [1.807, 2.05) is 0 Å². The summed E-state index contributed by atoms with van der Waals surface area (Å²) in [4.78, 5) is 4.95. The molecule has 1 unspecified atom stereocenters. The van der Waals surface area contributed by atoms with Crippen LogP contribution in [0.1, 0.15) is 57.9 Å². The molecule has 3 rings (SSSR count). The third kappa shape index (κ3) is 5.35. The molecular formula is C23H37BrN2O. The smallest absolute Gasteiger partial charge is 0.0728 e. The minimum atomic E-state index is -0.591. The second-order valence-electron chi connectivity index (χ2n) is 9.96. The summed E-state index contributed by atoms with van der Waals surface area (Å²) in [6, 6.07) is 8.62. The van der Waals surface area contributed by atoms with Gasteiger partial charge < -0.3 is 14.9 Å². The summed E-state index contributed by atoms with van der Waals surface area (Å²) in [6.07, 6.45) is 4.10. The number of hydrogen-bond donors (Lipinski definition) is 1. The lowest BCUT2D eigenvalue weighted by atomic mass is 9.64. The molecule has 0 radical (unpaired) electrons. The molecule has 2 aliphatic rings. The minimum Gasteiger partial charge on any atom is -0.389 e.